The second-order valence-corrected chi connectivity index (χ2v) is 33.0. The van der Waals surface area contributed by atoms with Gasteiger partial charge in [0, 0.05) is 6.07 Å². The molecule has 116 heavy (non-hydrogen) atoms. The summed E-state index contributed by atoms with van der Waals surface area (Å²) in [7, 11) is 0. The first-order chi connectivity index (χ1) is 54.7. The maximum atomic E-state index is 14.8. The lowest BCUT2D eigenvalue weighted by molar-refractivity contribution is -0.190. The molecule has 0 heterocycles. The number of benzene rings is 10. The van der Waals surface area contributed by atoms with Crippen molar-refractivity contribution in [2.45, 2.75) is 219 Å². The van der Waals surface area contributed by atoms with Crippen LogP contribution in [0.4, 0.5) is 65.9 Å². The smallest absolute Gasteiger partial charge is 0.429 e. The van der Waals surface area contributed by atoms with Gasteiger partial charge in [0.15, 0.2) is 29.1 Å². The molecule has 0 saturated heterocycles. The third-order valence-corrected chi connectivity index (χ3v) is 24.1. The largest absolute Gasteiger partial charge is 0.432 e. The molecule has 2 nitrogen and oxygen atoms in total. The van der Waals surface area contributed by atoms with Crippen LogP contribution in [0, 0.1) is 176 Å². The number of alkyl halides is 4. The highest BCUT2D eigenvalue weighted by atomic mass is 19.3. The van der Waals surface area contributed by atoms with Gasteiger partial charge in [0.2, 0.25) is 0 Å². The number of rotatable bonds is 17. The summed E-state index contributed by atoms with van der Waals surface area (Å²) in [5, 5.41) is 0. The van der Waals surface area contributed by atoms with E-state index >= 15 is 0 Å². The van der Waals surface area contributed by atoms with Crippen molar-refractivity contribution in [2.24, 2.45) is 35.5 Å². The molecule has 0 aliphatic heterocycles. The molecule has 13 rings (SSSR count). The van der Waals surface area contributed by atoms with Crippen LogP contribution in [0.15, 0.2) is 133 Å². The van der Waals surface area contributed by atoms with Crippen LogP contribution in [0.2, 0.25) is 0 Å². The van der Waals surface area contributed by atoms with E-state index in [0.29, 0.717) is 62.1 Å². The lowest BCUT2D eigenvalue weighted by Gasteiger charge is -2.37. The molecule has 17 heteroatoms. The summed E-state index contributed by atoms with van der Waals surface area (Å²) in [6, 6.07) is 32.7. The Bertz CT molecular complexity index is 4940. The lowest BCUT2D eigenvalue weighted by atomic mass is 9.69. The number of halogens is 15. The minimum absolute atomic E-state index is 0.157. The van der Waals surface area contributed by atoms with Gasteiger partial charge in [-0.25, -0.2) is 48.3 Å². The first-order valence-electron chi connectivity index (χ1n) is 40.4. The Kier molecular flexibility index (Phi) is 29.2. The van der Waals surface area contributed by atoms with Crippen molar-refractivity contribution in [3.8, 4) is 56.0 Å². The molecule has 0 amide bonds. The number of hydrogen-bond acceptors (Lipinski definition) is 2. The van der Waals surface area contributed by atoms with E-state index in [4.69, 9.17) is 4.74 Å². The number of ether oxygens (including phenoxy) is 2. The molecule has 0 bridgehead atoms. The molecule has 0 aromatic heterocycles. The van der Waals surface area contributed by atoms with Crippen LogP contribution in [0.25, 0.3) is 44.5 Å². The highest BCUT2D eigenvalue weighted by Crippen LogP contribution is 2.45. The Labute approximate surface area is 674 Å². The molecule has 0 spiro atoms. The Balaban J connectivity index is 0.000000164. The molecule has 0 atom stereocenters. The molecular formula is C99H105F15O2. The standard InChI is InChI=1S/C26H31F3.2C25H23F5O.C23H28F2/c1-17-2-8-20(9-3-17)21-10-4-18(5-11-21)14-19-6-12-22(13-7-19)23-15-24(27)26(29)25(28)16-23;1-6-17-7-14(3)23(15(4)8-17)18-10-21(27)24(22(28)11-18)25(29,30)31-19-9-13(2)16(5)20(26)12-19;1-6-17-10-21(27)24(22(28)11-17)25(29,30)31-19-8-14(3)23(15(4)9-19)18-7-13(2)16(5)20(26)12-18;1-14-5-7-18(8-6-14)12-19-9-15(2)22(16(3)10-19)20-11-17(4)23(25)21(24)13-20/h6-7,12-13,15-18,20-21H,2-5,8-11,14H2,1H3;2*7-12H,6H2,1-5H3;9-11,13-14,18H,5-8,12H2,1-4H3. The summed E-state index contributed by atoms with van der Waals surface area (Å²) in [6.07, 6.45) is 11.1. The van der Waals surface area contributed by atoms with Crippen molar-refractivity contribution in [2.75, 3.05) is 0 Å². The first kappa shape index (κ1) is 89.1. The van der Waals surface area contributed by atoms with E-state index in [1.165, 1.54) is 132 Å². The van der Waals surface area contributed by atoms with E-state index < -0.39 is 87.3 Å². The van der Waals surface area contributed by atoms with E-state index in [0.717, 1.165) is 142 Å². The molecule has 3 fully saturated rings. The number of aryl methyl sites for hydroxylation is 11. The van der Waals surface area contributed by atoms with Crippen LogP contribution < -0.4 is 9.47 Å². The monoisotopic (exact) mass is 1610 g/mol. The van der Waals surface area contributed by atoms with Gasteiger partial charge < -0.3 is 9.47 Å². The molecule has 0 N–H and O–H groups in total. The van der Waals surface area contributed by atoms with Crippen molar-refractivity contribution >= 4 is 0 Å². The zero-order chi connectivity index (χ0) is 84.7. The Morgan fingerprint density at radius 3 is 1.03 bits per heavy atom. The van der Waals surface area contributed by atoms with Gasteiger partial charge in [0.25, 0.3) is 0 Å². The molecule has 0 radical (unpaired) electrons. The fourth-order valence-electron chi connectivity index (χ4n) is 17.3. The third-order valence-electron chi connectivity index (χ3n) is 24.1. The Morgan fingerprint density at radius 1 is 0.284 bits per heavy atom. The van der Waals surface area contributed by atoms with Gasteiger partial charge in [0.05, 0.1) is 0 Å². The average Bonchev–Trinajstić information content (AvgIpc) is 0.790. The van der Waals surface area contributed by atoms with Crippen LogP contribution in [-0.2, 0) is 37.9 Å². The normalized spacial score (nSPS) is 17.6. The van der Waals surface area contributed by atoms with E-state index in [-0.39, 0.29) is 28.3 Å². The van der Waals surface area contributed by atoms with Gasteiger partial charge in [-0.05, 0) is 389 Å². The molecule has 3 saturated carbocycles. The molecule has 10 aromatic carbocycles. The minimum atomic E-state index is -4.34. The zero-order valence-corrected chi connectivity index (χ0v) is 69.0. The summed E-state index contributed by atoms with van der Waals surface area (Å²) < 4.78 is 222. The Morgan fingerprint density at radius 2 is 0.595 bits per heavy atom. The summed E-state index contributed by atoms with van der Waals surface area (Å²) in [4.78, 5) is 0. The van der Waals surface area contributed by atoms with Crippen LogP contribution >= 0.6 is 0 Å². The molecule has 3 aliphatic carbocycles. The van der Waals surface area contributed by atoms with Gasteiger partial charge in [-0.2, -0.15) is 17.6 Å². The molecule has 618 valence electrons. The lowest BCUT2D eigenvalue weighted by Crippen LogP contribution is -2.25. The fraction of sp³-hybridized carbons (Fsp3) is 0.394. The van der Waals surface area contributed by atoms with E-state index in [1.807, 2.05) is 49.4 Å². The third kappa shape index (κ3) is 21.5. The van der Waals surface area contributed by atoms with E-state index in [9.17, 15) is 65.9 Å². The topological polar surface area (TPSA) is 18.5 Å². The highest BCUT2D eigenvalue weighted by molar-refractivity contribution is 5.75. The average molecular weight is 1610 g/mol. The van der Waals surface area contributed by atoms with Crippen molar-refractivity contribution < 1.29 is 75.3 Å². The van der Waals surface area contributed by atoms with Gasteiger partial charge in [-0.15, -0.1) is 0 Å². The van der Waals surface area contributed by atoms with Gasteiger partial charge in [-0.3, -0.25) is 0 Å². The first-order valence-corrected chi connectivity index (χ1v) is 40.4. The number of hydrogen-bond donors (Lipinski definition) is 0. The van der Waals surface area contributed by atoms with Crippen molar-refractivity contribution in [3.05, 3.63) is 292 Å². The van der Waals surface area contributed by atoms with Crippen LogP contribution in [0.5, 0.6) is 11.5 Å². The molecule has 10 aromatic rings. The van der Waals surface area contributed by atoms with Crippen LogP contribution in [-0.4, -0.2) is 0 Å². The quantitative estimate of drug-likeness (QED) is 0.0668. The van der Waals surface area contributed by atoms with Crippen LogP contribution in [0.3, 0.4) is 0 Å². The summed E-state index contributed by atoms with van der Waals surface area (Å²) in [5.74, 6) is -7.49. The Hall–Kier alpha value is -9.25. The SMILES string of the molecule is CC1CCC(C2CCC(Cc3ccc(-c4cc(F)c(F)c(F)c4)cc3)CC2)CC1.CCc1cc(C)c(-c2cc(F)c(C(F)(F)Oc3cc(C)c(C)c(F)c3)c(F)c2)c(C)c1.CCc1cc(F)c(C(F)(F)Oc2cc(C)c(-c3cc(C)c(C)c(F)c3)c(C)c2)c(F)c1.Cc1cc(-c2c(C)cc(CC3CCC(C)CC3)cc2C)cc(F)c1F. The van der Waals surface area contributed by atoms with Crippen molar-refractivity contribution in [3.63, 3.8) is 0 Å². The molecular weight excluding hydrogens is 1510 g/mol. The van der Waals surface area contributed by atoms with Gasteiger partial charge in [-0.1, -0.05) is 108 Å². The molecule has 3 aliphatic rings. The van der Waals surface area contributed by atoms with Crippen molar-refractivity contribution in [1.82, 2.24) is 0 Å². The van der Waals surface area contributed by atoms with Crippen molar-refractivity contribution in [1.29, 1.82) is 0 Å². The predicted octanol–water partition coefficient (Wildman–Crippen LogP) is 30.3. The van der Waals surface area contributed by atoms with Gasteiger partial charge >= 0.3 is 12.2 Å². The summed E-state index contributed by atoms with van der Waals surface area (Å²) >= 11 is 0. The predicted molar refractivity (Wildman–Crippen MR) is 435 cm³/mol. The van der Waals surface area contributed by atoms with Crippen LogP contribution in [0.1, 0.15) is 199 Å². The fourth-order valence-corrected chi connectivity index (χ4v) is 17.3. The highest BCUT2D eigenvalue weighted by Gasteiger charge is 2.43. The van der Waals surface area contributed by atoms with E-state index in [1.54, 1.807) is 61.5 Å². The molecule has 0 unspecified atom stereocenters. The summed E-state index contributed by atoms with van der Waals surface area (Å²) in [5.41, 5.74) is 13.3. The maximum absolute atomic E-state index is 14.8. The zero-order valence-electron chi connectivity index (χ0n) is 69.0. The minimum Gasteiger partial charge on any atom is -0.429 e. The second kappa shape index (κ2) is 38.0. The maximum Gasteiger partial charge on any atom is 0.432 e. The summed E-state index contributed by atoms with van der Waals surface area (Å²) in [6.45, 7) is 27.6. The second-order valence-electron chi connectivity index (χ2n) is 33.0. The van der Waals surface area contributed by atoms with Gasteiger partial charge in [0.1, 0.15) is 57.5 Å². The van der Waals surface area contributed by atoms with E-state index in [2.05, 4.69) is 44.6 Å².